The molecule has 1 N–H and O–H groups in total. The number of halogens is 4. The molecular formula is C18H21ClF3N3O2. The van der Waals surface area contributed by atoms with E-state index in [1.165, 1.54) is 19.2 Å². The Labute approximate surface area is 160 Å². The quantitative estimate of drug-likeness (QED) is 0.650. The van der Waals surface area contributed by atoms with Gasteiger partial charge in [0.15, 0.2) is 5.82 Å². The second kappa shape index (κ2) is 8.65. The number of hydrogen-bond acceptors (Lipinski definition) is 5. The minimum absolute atomic E-state index is 0.0666. The topological polar surface area (TPSA) is 56.3 Å². The van der Waals surface area contributed by atoms with Crippen LogP contribution in [0.4, 0.5) is 19.0 Å². The second-order valence-corrected chi connectivity index (χ2v) is 6.27. The molecule has 0 saturated carbocycles. The maximum Gasteiger partial charge on any atom is 0.573 e. The Kier molecular flexibility index (Phi) is 6.75. The van der Waals surface area contributed by atoms with Gasteiger partial charge >= 0.3 is 6.36 Å². The van der Waals surface area contributed by atoms with Crippen LogP contribution in [0.15, 0.2) is 18.2 Å². The maximum absolute atomic E-state index is 12.4. The van der Waals surface area contributed by atoms with Gasteiger partial charge in [0, 0.05) is 11.6 Å². The van der Waals surface area contributed by atoms with Crippen LogP contribution in [-0.4, -0.2) is 29.5 Å². The van der Waals surface area contributed by atoms with Crippen LogP contribution >= 0.6 is 11.6 Å². The summed E-state index contributed by atoms with van der Waals surface area (Å²) in [4.78, 5) is 8.96. The van der Waals surface area contributed by atoms with Gasteiger partial charge < -0.3 is 14.8 Å². The summed E-state index contributed by atoms with van der Waals surface area (Å²) in [6.07, 6.45) is -2.96. The van der Waals surface area contributed by atoms with Gasteiger partial charge in [0.25, 0.3) is 5.88 Å². The van der Waals surface area contributed by atoms with E-state index in [1.807, 2.05) is 0 Å². The number of aryl methyl sites for hydroxylation is 1. The summed E-state index contributed by atoms with van der Waals surface area (Å²) in [5, 5.41) is 3.36. The summed E-state index contributed by atoms with van der Waals surface area (Å²) in [5.74, 6) is 0.399. The predicted molar refractivity (Wildman–Crippen MR) is 98.4 cm³/mol. The predicted octanol–water partition coefficient (Wildman–Crippen LogP) is 5.61. The van der Waals surface area contributed by atoms with E-state index in [4.69, 9.17) is 16.3 Å². The average molecular weight is 404 g/mol. The molecule has 1 heterocycles. The van der Waals surface area contributed by atoms with Crippen molar-refractivity contribution >= 4 is 17.4 Å². The Morgan fingerprint density at radius 2 is 1.85 bits per heavy atom. The molecule has 1 aromatic carbocycles. The van der Waals surface area contributed by atoms with Gasteiger partial charge in [-0.3, -0.25) is 0 Å². The van der Waals surface area contributed by atoms with Crippen molar-refractivity contribution in [3.8, 4) is 22.9 Å². The lowest BCUT2D eigenvalue weighted by atomic mass is 10.1. The van der Waals surface area contributed by atoms with Crippen molar-refractivity contribution in [3.63, 3.8) is 0 Å². The molecule has 9 heteroatoms. The summed E-state index contributed by atoms with van der Waals surface area (Å²) in [7, 11) is 1.48. The Bertz CT molecular complexity index is 796. The summed E-state index contributed by atoms with van der Waals surface area (Å²) < 4.78 is 46.3. The van der Waals surface area contributed by atoms with Crippen LogP contribution in [-0.2, 0) is 0 Å². The lowest BCUT2D eigenvalue weighted by Gasteiger charge is -2.19. The van der Waals surface area contributed by atoms with Crippen LogP contribution < -0.4 is 14.8 Å². The SMILES string of the molecule is CCC(CC)Nc1nc(C)c(-c2ccc(OC(F)(F)F)cc2Cl)nc1OC. The second-order valence-electron chi connectivity index (χ2n) is 5.86. The van der Waals surface area contributed by atoms with Crippen LogP contribution in [0, 0.1) is 6.92 Å². The molecule has 0 aliphatic rings. The largest absolute Gasteiger partial charge is 0.573 e. The first-order valence-electron chi connectivity index (χ1n) is 8.43. The third kappa shape index (κ3) is 5.38. The third-order valence-corrected chi connectivity index (χ3v) is 4.30. The van der Waals surface area contributed by atoms with E-state index in [2.05, 4.69) is 33.9 Å². The molecule has 148 valence electrons. The van der Waals surface area contributed by atoms with Gasteiger partial charge in [-0.25, -0.2) is 9.97 Å². The number of ether oxygens (including phenoxy) is 2. The highest BCUT2D eigenvalue weighted by Crippen LogP contribution is 2.35. The average Bonchev–Trinajstić information content (AvgIpc) is 2.59. The van der Waals surface area contributed by atoms with E-state index in [0.29, 0.717) is 22.8 Å². The zero-order valence-electron chi connectivity index (χ0n) is 15.4. The Morgan fingerprint density at radius 1 is 1.19 bits per heavy atom. The van der Waals surface area contributed by atoms with E-state index in [9.17, 15) is 13.2 Å². The highest BCUT2D eigenvalue weighted by atomic mass is 35.5. The molecule has 0 unspecified atom stereocenters. The molecule has 0 fully saturated rings. The van der Waals surface area contributed by atoms with Gasteiger partial charge in [0.1, 0.15) is 5.75 Å². The van der Waals surface area contributed by atoms with Crippen LogP contribution in [0.3, 0.4) is 0 Å². The summed E-state index contributed by atoms with van der Waals surface area (Å²) in [6, 6.07) is 3.90. The normalized spacial score (nSPS) is 11.6. The lowest BCUT2D eigenvalue weighted by Crippen LogP contribution is -2.19. The van der Waals surface area contributed by atoms with Crippen molar-refractivity contribution in [3.05, 3.63) is 28.9 Å². The van der Waals surface area contributed by atoms with Crippen molar-refractivity contribution in [2.24, 2.45) is 0 Å². The number of anilines is 1. The minimum atomic E-state index is -4.79. The molecule has 0 radical (unpaired) electrons. The number of aromatic nitrogens is 2. The Hall–Kier alpha value is -2.22. The maximum atomic E-state index is 12.4. The van der Waals surface area contributed by atoms with E-state index in [-0.39, 0.29) is 16.9 Å². The first-order chi connectivity index (χ1) is 12.7. The Morgan fingerprint density at radius 3 is 2.37 bits per heavy atom. The van der Waals surface area contributed by atoms with Crippen molar-refractivity contribution in [2.45, 2.75) is 46.0 Å². The molecule has 0 aliphatic heterocycles. The number of methoxy groups -OCH3 is 1. The van der Waals surface area contributed by atoms with Gasteiger partial charge in [-0.05, 0) is 38.0 Å². The van der Waals surface area contributed by atoms with Gasteiger partial charge in [-0.1, -0.05) is 25.4 Å². The zero-order chi connectivity index (χ0) is 20.2. The van der Waals surface area contributed by atoms with E-state index < -0.39 is 12.1 Å². The van der Waals surface area contributed by atoms with Crippen LogP contribution in [0.25, 0.3) is 11.3 Å². The first-order valence-corrected chi connectivity index (χ1v) is 8.81. The molecule has 0 saturated heterocycles. The highest BCUT2D eigenvalue weighted by molar-refractivity contribution is 6.33. The molecule has 1 aromatic heterocycles. The monoisotopic (exact) mass is 403 g/mol. The van der Waals surface area contributed by atoms with Crippen LogP contribution in [0.5, 0.6) is 11.6 Å². The molecular weight excluding hydrogens is 383 g/mol. The zero-order valence-corrected chi connectivity index (χ0v) is 16.2. The molecule has 0 aliphatic carbocycles. The standard InChI is InChI=1S/C18H21ClF3N3O2/c1-5-11(6-2)24-16-17(26-4)25-15(10(3)23-16)13-8-7-12(9-14(13)19)27-18(20,21)22/h7-9,11H,5-6H2,1-4H3,(H,23,24). The van der Waals surface area contributed by atoms with Crippen molar-refractivity contribution < 1.29 is 22.6 Å². The summed E-state index contributed by atoms with van der Waals surface area (Å²) >= 11 is 6.16. The summed E-state index contributed by atoms with van der Waals surface area (Å²) in [6.45, 7) is 5.87. The summed E-state index contributed by atoms with van der Waals surface area (Å²) in [5.41, 5.74) is 1.42. The fourth-order valence-corrected chi connectivity index (χ4v) is 2.83. The van der Waals surface area contributed by atoms with Crippen molar-refractivity contribution in [2.75, 3.05) is 12.4 Å². The molecule has 0 atom stereocenters. The van der Waals surface area contributed by atoms with E-state index in [0.717, 1.165) is 18.9 Å². The molecule has 27 heavy (non-hydrogen) atoms. The third-order valence-electron chi connectivity index (χ3n) is 3.99. The minimum Gasteiger partial charge on any atom is -0.478 e. The number of nitrogens with one attached hydrogen (secondary N) is 1. The highest BCUT2D eigenvalue weighted by Gasteiger charge is 2.31. The number of benzene rings is 1. The van der Waals surface area contributed by atoms with Crippen LogP contribution in [0.1, 0.15) is 32.4 Å². The molecule has 0 bridgehead atoms. The van der Waals surface area contributed by atoms with Crippen LogP contribution in [0.2, 0.25) is 5.02 Å². The smallest absolute Gasteiger partial charge is 0.478 e. The molecule has 5 nitrogen and oxygen atoms in total. The van der Waals surface area contributed by atoms with Gasteiger partial charge in [0.2, 0.25) is 0 Å². The van der Waals surface area contributed by atoms with Crippen molar-refractivity contribution in [1.29, 1.82) is 0 Å². The van der Waals surface area contributed by atoms with Crippen molar-refractivity contribution in [1.82, 2.24) is 9.97 Å². The first kappa shape index (κ1) is 21.1. The number of rotatable bonds is 7. The lowest BCUT2D eigenvalue weighted by molar-refractivity contribution is -0.274. The van der Waals surface area contributed by atoms with E-state index >= 15 is 0 Å². The van der Waals surface area contributed by atoms with Gasteiger partial charge in [0.05, 0.1) is 23.5 Å². The van der Waals surface area contributed by atoms with Gasteiger partial charge in [-0.2, -0.15) is 0 Å². The number of nitrogens with zero attached hydrogens (tertiary/aromatic N) is 2. The molecule has 2 aromatic rings. The van der Waals surface area contributed by atoms with Gasteiger partial charge in [-0.15, -0.1) is 13.2 Å². The number of hydrogen-bond donors (Lipinski definition) is 1. The molecule has 2 rings (SSSR count). The Balaban J connectivity index is 2.41. The molecule has 0 spiro atoms. The fraction of sp³-hybridized carbons (Fsp3) is 0.444. The fourth-order valence-electron chi connectivity index (χ4n) is 2.57. The molecule has 0 amide bonds. The number of alkyl halides is 3. The van der Waals surface area contributed by atoms with E-state index in [1.54, 1.807) is 6.92 Å².